The second-order valence-electron chi connectivity index (χ2n) is 5.75. The molecule has 0 bridgehead atoms. The zero-order valence-electron chi connectivity index (χ0n) is 15.1. The highest BCUT2D eigenvalue weighted by Gasteiger charge is 2.28. The quantitative estimate of drug-likeness (QED) is 0.614. The Morgan fingerprint density at radius 2 is 1.85 bits per heavy atom. The summed E-state index contributed by atoms with van der Waals surface area (Å²) in [5.74, 6) is -0.823. The van der Waals surface area contributed by atoms with Gasteiger partial charge in [0.2, 0.25) is 5.91 Å². The van der Waals surface area contributed by atoms with Crippen molar-refractivity contribution in [1.82, 2.24) is 10.0 Å². The van der Waals surface area contributed by atoms with E-state index in [-0.39, 0.29) is 29.7 Å². The van der Waals surface area contributed by atoms with Crippen molar-refractivity contribution in [3.63, 3.8) is 0 Å². The van der Waals surface area contributed by atoms with Crippen LogP contribution in [0.15, 0.2) is 46.7 Å². The van der Waals surface area contributed by atoms with E-state index in [0.29, 0.717) is 4.88 Å². The van der Waals surface area contributed by atoms with Gasteiger partial charge in [-0.25, -0.2) is 8.42 Å². The first kappa shape index (κ1) is 21.1. The van der Waals surface area contributed by atoms with Crippen LogP contribution < -0.4 is 10.0 Å². The second-order valence-corrected chi connectivity index (χ2v) is 8.86. The Bertz CT molecular complexity index is 878. The molecule has 0 aliphatic carbocycles. The van der Waals surface area contributed by atoms with Crippen molar-refractivity contribution in [3.05, 3.63) is 52.9 Å². The lowest BCUT2D eigenvalue weighted by Crippen LogP contribution is -2.43. The molecule has 0 aliphatic heterocycles. The minimum Gasteiger partial charge on any atom is -0.465 e. The maximum Gasteiger partial charge on any atom is 0.324 e. The average Bonchev–Trinajstić information content (AvgIpc) is 3.10. The summed E-state index contributed by atoms with van der Waals surface area (Å²) in [6, 6.07) is 11.2. The number of hydrogen-bond acceptors (Lipinski definition) is 6. The number of hydrogen-bond donors (Lipinski definition) is 2. The van der Waals surface area contributed by atoms with Gasteiger partial charge in [-0.15, -0.1) is 11.3 Å². The smallest absolute Gasteiger partial charge is 0.324 e. The van der Waals surface area contributed by atoms with Crippen LogP contribution in [0.5, 0.6) is 0 Å². The lowest BCUT2D eigenvalue weighted by Gasteiger charge is -2.17. The number of sulfonamides is 1. The van der Waals surface area contributed by atoms with E-state index in [9.17, 15) is 18.0 Å². The van der Waals surface area contributed by atoms with Gasteiger partial charge >= 0.3 is 5.97 Å². The highest BCUT2D eigenvalue weighted by atomic mass is 32.2. The van der Waals surface area contributed by atoms with Gasteiger partial charge in [0.15, 0.2) is 0 Å². The maximum absolute atomic E-state index is 12.7. The molecule has 1 unspecified atom stereocenters. The van der Waals surface area contributed by atoms with E-state index in [4.69, 9.17) is 4.74 Å². The van der Waals surface area contributed by atoms with Gasteiger partial charge in [0.25, 0.3) is 10.0 Å². The van der Waals surface area contributed by atoms with Crippen LogP contribution in [0, 0.1) is 0 Å². The van der Waals surface area contributed by atoms with E-state index in [1.165, 1.54) is 13.0 Å². The molecule has 0 saturated heterocycles. The van der Waals surface area contributed by atoms with Crippen molar-refractivity contribution in [2.75, 3.05) is 6.61 Å². The minimum atomic E-state index is -3.91. The van der Waals surface area contributed by atoms with Crippen LogP contribution in [0.3, 0.4) is 0 Å². The molecule has 0 fully saturated rings. The van der Waals surface area contributed by atoms with Gasteiger partial charge in [0.05, 0.1) is 13.2 Å². The summed E-state index contributed by atoms with van der Waals surface area (Å²) < 4.78 is 32.9. The van der Waals surface area contributed by atoms with Crippen molar-refractivity contribution in [2.24, 2.45) is 0 Å². The molecular formula is C18H22N2O5S2. The average molecular weight is 411 g/mol. The molecule has 1 heterocycles. The van der Waals surface area contributed by atoms with E-state index in [1.807, 2.05) is 30.3 Å². The van der Waals surface area contributed by atoms with Crippen LogP contribution in [-0.2, 0) is 37.3 Å². The van der Waals surface area contributed by atoms with E-state index < -0.39 is 22.0 Å². The molecule has 2 N–H and O–H groups in total. The molecule has 146 valence electrons. The molecule has 0 aliphatic rings. The summed E-state index contributed by atoms with van der Waals surface area (Å²) >= 11 is 1.04. The largest absolute Gasteiger partial charge is 0.465 e. The highest BCUT2D eigenvalue weighted by Crippen LogP contribution is 2.22. The molecule has 0 saturated carbocycles. The molecule has 27 heavy (non-hydrogen) atoms. The summed E-state index contributed by atoms with van der Waals surface area (Å²) in [5.41, 5.74) is 0.816. The summed E-state index contributed by atoms with van der Waals surface area (Å²) in [6.45, 7) is 3.46. The number of thiophene rings is 1. The topological polar surface area (TPSA) is 102 Å². The number of carbonyl (C=O) groups is 2. The fourth-order valence-corrected chi connectivity index (χ4v) is 4.82. The molecular weight excluding hydrogens is 388 g/mol. The van der Waals surface area contributed by atoms with Crippen LogP contribution in [-0.4, -0.2) is 32.9 Å². The molecule has 2 aromatic rings. The first-order valence-corrected chi connectivity index (χ1v) is 10.7. The number of nitrogens with one attached hydrogen (secondary N) is 2. The lowest BCUT2D eigenvalue weighted by atomic mass is 10.1. The maximum atomic E-state index is 12.7. The van der Waals surface area contributed by atoms with Gasteiger partial charge < -0.3 is 10.1 Å². The Morgan fingerprint density at radius 3 is 2.48 bits per heavy atom. The zero-order valence-corrected chi connectivity index (χ0v) is 16.7. The van der Waals surface area contributed by atoms with Crippen molar-refractivity contribution in [1.29, 1.82) is 0 Å². The zero-order chi connectivity index (χ0) is 19.9. The van der Waals surface area contributed by atoms with Crippen molar-refractivity contribution >= 4 is 33.2 Å². The summed E-state index contributed by atoms with van der Waals surface area (Å²) in [6.07, 6.45) is 0.184. The summed E-state index contributed by atoms with van der Waals surface area (Å²) in [4.78, 5) is 23.9. The number of amides is 1. The number of carbonyl (C=O) groups excluding carboxylic acids is 2. The fraction of sp³-hybridized carbons (Fsp3) is 0.333. The summed E-state index contributed by atoms with van der Waals surface area (Å²) in [7, 11) is -3.91. The van der Waals surface area contributed by atoms with Crippen LogP contribution in [0.2, 0.25) is 0 Å². The molecule has 1 aromatic carbocycles. The molecule has 0 radical (unpaired) electrons. The number of benzene rings is 1. The Hall–Kier alpha value is -2.23. The van der Waals surface area contributed by atoms with Crippen molar-refractivity contribution in [3.8, 4) is 0 Å². The molecule has 1 aromatic heterocycles. The van der Waals surface area contributed by atoms with Crippen LogP contribution in [0.1, 0.15) is 24.3 Å². The molecule has 9 heteroatoms. The van der Waals surface area contributed by atoms with Crippen molar-refractivity contribution in [2.45, 2.75) is 37.1 Å². The van der Waals surface area contributed by atoms with E-state index in [1.54, 1.807) is 13.0 Å². The third-order valence-corrected chi connectivity index (χ3v) is 6.61. The van der Waals surface area contributed by atoms with Gasteiger partial charge in [0.1, 0.15) is 10.3 Å². The van der Waals surface area contributed by atoms with E-state index in [2.05, 4.69) is 10.0 Å². The first-order chi connectivity index (χ1) is 12.8. The Morgan fingerprint density at radius 1 is 1.15 bits per heavy atom. The minimum absolute atomic E-state index is 0.0743. The Labute approximate surface area is 162 Å². The molecule has 1 atom stereocenters. The van der Waals surface area contributed by atoms with Crippen LogP contribution in [0.25, 0.3) is 0 Å². The predicted octanol–water partition coefficient (Wildman–Crippen LogP) is 1.84. The van der Waals surface area contributed by atoms with Gasteiger partial charge in [-0.1, -0.05) is 30.3 Å². The number of esters is 1. The normalized spacial score (nSPS) is 12.4. The predicted molar refractivity (Wildman–Crippen MR) is 103 cm³/mol. The van der Waals surface area contributed by atoms with Crippen LogP contribution >= 0.6 is 11.3 Å². The van der Waals surface area contributed by atoms with Crippen LogP contribution in [0.4, 0.5) is 0 Å². The van der Waals surface area contributed by atoms with E-state index in [0.717, 1.165) is 16.9 Å². The van der Waals surface area contributed by atoms with E-state index >= 15 is 0 Å². The van der Waals surface area contributed by atoms with Gasteiger partial charge in [-0.05, 0) is 31.0 Å². The van der Waals surface area contributed by atoms with Gasteiger partial charge in [-0.3, -0.25) is 9.59 Å². The SMILES string of the molecule is CCOC(=O)C(Cc1ccccc1)NS(=O)(=O)c1ccc(CNC(C)=O)s1. The standard InChI is InChI=1S/C18H22N2O5S2/c1-3-25-18(22)16(11-14-7-5-4-6-8-14)20-27(23,24)17-10-9-15(26-17)12-19-13(2)21/h4-10,16,20H,3,11-12H2,1-2H3,(H,19,21). The third kappa shape index (κ3) is 6.46. The lowest BCUT2D eigenvalue weighted by molar-refractivity contribution is -0.145. The third-order valence-electron chi connectivity index (χ3n) is 3.56. The monoisotopic (exact) mass is 410 g/mol. The first-order valence-electron chi connectivity index (χ1n) is 8.38. The van der Waals surface area contributed by atoms with Gasteiger partial charge in [0, 0.05) is 11.8 Å². The van der Waals surface area contributed by atoms with Gasteiger partial charge in [-0.2, -0.15) is 4.72 Å². The summed E-state index contributed by atoms with van der Waals surface area (Å²) in [5, 5.41) is 2.62. The molecule has 0 spiro atoms. The number of ether oxygens (including phenoxy) is 1. The molecule has 1 amide bonds. The molecule has 2 rings (SSSR count). The molecule has 7 nitrogen and oxygen atoms in total. The number of rotatable bonds is 9. The fourth-order valence-electron chi connectivity index (χ4n) is 2.32. The van der Waals surface area contributed by atoms with Crippen molar-refractivity contribution < 1.29 is 22.7 Å². The Kier molecular flexibility index (Phi) is 7.52. The second kappa shape index (κ2) is 9.63. The Balaban J connectivity index is 2.16. The highest BCUT2D eigenvalue weighted by molar-refractivity contribution is 7.91.